The first kappa shape index (κ1) is 22.6. The van der Waals surface area contributed by atoms with Crippen LogP contribution in [0, 0.1) is 11.0 Å². The van der Waals surface area contributed by atoms with Crippen LogP contribution >= 0.6 is 0 Å². The number of benzene rings is 2. The number of nitrogens with one attached hydrogen (secondary N) is 1. The smallest absolute Gasteiger partial charge is 0.225 e. The summed E-state index contributed by atoms with van der Waals surface area (Å²) in [4.78, 5) is 20.5. The average molecular weight is 467 g/mol. The van der Waals surface area contributed by atoms with Crippen LogP contribution in [0.4, 0.5) is 10.1 Å². The maximum absolute atomic E-state index is 15.2. The Bertz CT molecular complexity index is 1420. The summed E-state index contributed by atoms with van der Waals surface area (Å²) in [6.07, 6.45) is 3.93. The number of rotatable bonds is 8. The van der Waals surface area contributed by atoms with E-state index in [9.17, 15) is 18.4 Å². The number of aromatic nitrogens is 2. The Kier molecular flexibility index (Phi) is 6.26. The van der Waals surface area contributed by atoms with Gasteiger partial charge < -0.3 is 14.7 Å². The number of hydrogen-bond acceptors (Lipinski definition) is 5. The van der Waals surface area contributed by atoms with E-state index in [1.165, 1.54) is 18.3 Å². The first-order chi connectivity index (χ1) is 15.8. The second-order valence-corrected chi connectivity index (χ2v) is 9.46. The molecule has 4 rings (SSSR count). The van der Waals surface area contributed by atoms with Crippen molar-refractivity contribution in [3.63, 3.8) is 0 Å². The second-order valence-electron chi connectivity index (χ2n) is 7.55. The molecule has 0 spiro atoms. The normalized spacial score (nSPS) is 11.6. The van der Waals surface area contributed by atoms with Crippen LogP contribution in [0.15, 0.2) is 67.0 Å². The van der Waals surface area contributed by atoms with Crippen molar-refractivity contribution in [2.24, 2.45) is 0 Å². The van der Waals surface area contributed by atoms with Crippen LogP contribution < -0.4 is 4.47 Å². The zero-order valence-electron chi connectivity index (χ0n) is 17.8. The summed E-state index contributed by atoms with van der Waals surface area (Å²) >= 11 is 0. The molecule has 0 unspecified atom stereocenters. The first-order valence-electron chi connectivity index (χ1n) is 10.4. The molecule has 1 N–H and O–H groups in total. The average Bonchev–Trinajstić information content (AvgIpc) is 3.26. The predicted molar refractivity (Wildman–Crippen MR) is 126 cm³/mol. The van der Waals surface area contributed by atoms with Crippen LogP contribution in [-0.4, -0.2) is 29.9 Å². The number of unbranched alkanes of at least 4 members (excludes halogenated alkanes) is 1. The maximum Gasteiger partial charge on any atom is 0.225 e. The number of halogens is 1. The van der Waals surface area contributed by atoms with Gasteiger partial charge in [-0.15, -0.1) is 0 Å². The van der Waals surface area contributed by atoms with E-state index in [0.29, 0.717) is 17.5 Å². The number of nitrogens with zero attached hydrogens (tertiary/aromatic N) is 2. The molecule has 33 heavy (non-hydrogen) atoms. The zero-order valence-corrected chi connectivity index (χ0v) is 18.6. The molecule has 2 heterocycles. The van der Waals surface area contributed by atoms with Crippen LogP contribution in [0.5, 0.6) is 0 Å². The van der Waals surface area contributed by atoms with E-state index in [1.54, 1.807) is 19.2 Å². The fourth-order valence-electron chi connectivity index (χ4n) is 3.52. The third-order valence-corrected chi connectivity index (χ3v) is 6.82. The highest BCUT2D eigenvalue weighted by molar-refractivity contribution is 7.92. The van der Waals surface area contributed by atoms with E-state index in [4.69, 9.17) is 0 Å². The standard InChI is InChI=1S/C24H21FN3O4S/c1-2-3-12-33(31,32)28(30)21-11-7-10-18(22(21)25)23(29)20-15-27-24-19(20)13-17(14-26-24)16-8-5-4-6-9-16/h4-11,13-15H,2-3,12H2,1H3,(H,26,27)/q-1. The lowest BCUT2D eigenvalue weighted by Crippen LogP contribution is -2.28. The van der Waals surface area contributed by atoms with Gasteiger partial charge in [0, 0.05) is 28.9 Å². The van der Waals surface area contributed by atoms with Crippen molar-refractivity contribution in [2.75, 3.05) is 10.2 Å². The lowest BCUT2D eigenvalue weighted by molar-refractivity contribution is 0.103. The SMILES string of the molecule is CCCCS(=O)(=O)N([O-])c1cccc(C(=O)c2c[nH]c3ncc(-c4ccccc4)cc23)c1F. The van der Waals surface area contributed by atoms with Gasteiger partial charge in [0.05, 0.1) is 17.0 Å². The van der Waals surface area contributed by atoms with Crippen molar-refractivity contribution in [1.29, 1.82) is 0 Å². The molecule has 4 aromatic rings. The summed E-state index contributed by atoms with van der Waals surface area (Å²) < 4.78 is 39.4. The highest BCUT2D eigenvalue weighted by Crippen LogP contribution is 2.29. The fourth-order valence-corrected chi connectivity index (χ4v) is 4.78. The van der Waals surface area contributed by atoms with Gasteiger partial charge in [-0.2, -0.15) is 0 Å². The largest absolute Gasteiger partial charge is 0.744 e. The number of fused-ring (bicyclic) bond motifs is 1. The minimum Gasteiger partial charge on any atom is -0.744 e. The highest BCUT2D eigenvalue weighted by atomic mass is 32.2. The highest BCUT2D eigenvalue weighted by Gasteiger charge is 2.23. The summed E-state index contributed by atoms with van der Waals surface area (Å²) in [5.41, 5.74) is 1.18. The molecular weight excluding hydrogens is 445 g/mol. The molecule has 170 valence electrons. The number of hydrogen-bond donors (Lipinski definition) is 1. The molecule has 7 nitrogen and oxygen atoms in total. The Balaban J connectivity index is 1.74. The topological polar surface area (TPSA) is 106 Å². The van der Waals surface area contributed by atoms with E-state index in [-0.39, 0.29) is 16.5 Å². The van der Waals surface area contributed by atoms with Crippen LogP contribution in [0.3, 0.4) is 0 Å². The second kappa shape index (κ2) is 9.13. The molecule has 0 bridgehead atoms. The Morgan fingerprint density at radius 1 is 1.09 bits per heavy atom. The molecule has 0 aliphatic carbocycles. The van der Waals surface area contributed by atoms with Gasteiger partial charge in [-0.1, -0.05) is 49.7 Å². The first-order valence-corrected chi connectivity index (χ1v) is 12.0. The number of pyridine rings is 1. The zero-order chi connectivity index (χ0) is 23.6. The Hall–Kier alpha value is -3.56. The van der Waals surface area contributed by atoms with E-state index < -0.39 is 38.6 Å². The molecule has 0 saturated heterocycles. The van der Waals surface area contributed by atoms with Crippen LogP contribution in [0.25, 0.3) is 22.2 Å². The molecule has 0 saturated carbocycles. The number of carbonyl (C=O) groups excluding carboxylic acids is 1. The lowest BCUT2D eigenvalue weighted by Gasteiger charge is -2.30. The monoisotopic (exact) mass is 466 g/mol. The van der Waals surface area contributed by atoms with Gasteiger partial charge in [0.1, 0.15) is 5.65 Å². The molecule has 9 heteroatoms. The van der Waals surface area contributed by atoms with Gasteiger partial charge in [-0.3, -0.25) is 4.79 Å². The minimum absolute atomic E-state index is 0.164. The van der Waals surface area contributed by atoms with Crippen molar-refractivity contribution >= 4 is 32.5 Å². The molecule has 2 aromatic heterocycles. The van der Waals surface area contributed by atoms with E-state index in [2.05, 4.69) is 9.97 Å². The molecule has 2 aromatic carbocycles. The molecule has 0 fully saturated rings. The van der Waals surface area contributed by atoms with E-state index in [0.717, 1.165) is 17.2 Å². The molecule has 0 amide bonds. The summed E-state index contributed by atoms with van der Waals surface area (Å²) in [7, 11) is -4.25. The quantitative estimate of drug-likeness (QED) is 0.289. The van der Waals surface area contributed by atoms with Gasteiger partial charge in [0.2, 0.25) is 10.0 Å². The van der Waals surface area contributed by atoms with Gasteiger partial charge >= 0.3 is 0 Å². The van der Waals surface area contributed by atoms with Crippen molar-refractivity contribution in [2.45, 2.75) is 19.8 Å². The Morgan fingerprint density at radius 3 is 2.58 bits per heavy atom. The van der Waals surface area contributed by atoms with Gasteiger partial charge in [-0.25, -0.2) is 17.8 Å². The number of H-pyrrole nitrogens is 1. The van der Waals surface area contributed by atoms with Crippen LogP contribution in [0.1, 0.15) is 35.7 Å². The van der Waals surface area contributed by atoms with Crippen molar-refractivity contribution in [3.05, 3.63) is 89.1 Å². The van der Waals surface area contributed by atoms with Gasteiger partial charge in [-0.05, 0) is 30.2 Å². The van der Waals surface area contributed by atoms with Crippen molar-refractivity contribution in [1.82, 2.24) is 9.97 Å². The molecule has 0 aliphatic rings. The van der Waals surface area contributed by atoms with Gasteiger partial charge in [0.25, 0.3) is 0 Å². The third kappa shape index (κ3) is 4.37. The maximum atomic E-state index is 15.2. The molecule has 0 atom stereocenters. The third-order valence-electron chi connectivity index (χ3n) is 5.31. The Morgan fingerprint density at radius 2 is 1.85 bits per heavy atom. The number of aromatic amines is 1. The summed E-state index contributed by atoms with van der Waals surface area (Å²) in [5.74, 6) is -2.27. The van der Waals surface area contributed by atoms with Crippen molar-refractivity contribution in [3.8, 4) is 11.1 Å². The lowest BCUT2D eigenvalue weighted by atomic mass is 10.0. The summed E-state index contributed by atoms with van der Waals surface area (Å²) in [6.45, 7) is 1.78. The van der Waals surface area contributed by atoms with Crippen LogP contribution in [0.2, 0.25) is 0 Å². The van der Waals surface area contributed by atoms with Gasteiger partial charge in [0.15, 0.2) is 11.6 Å². The molecule has 0 aliphatic heterocycles. The number of carbonyl (C=O) groups is 1. The fraction of sp³-hybridized carbons (Fsp3) is 0.167. The number of ketones is 1. The minimum atomic E-state index is -4.25. The predicted octanol–water partition coefficient (Wildman–Crippen LogP) is 5.03. The van der Waals surface area contributed by atoms with Crippen molar-refractivity contribution < 1.29 is 17.6 Å². The Labute approximate surface area is 190 Å². The van der Waals surface area contributed by atoms with Crippen LogP contribution in [-0.2, 0) is 10.0 Å². The van der Waals surface area contributed by atoms with E-state index in [1.807, 2.05) is 30.3 Å². The summed E-state index contributed by atoms with van der Waals surface area (Å²) in [6, 6.07) is 14.8. The number of sulfonamides is 1. The molecule has 0 radical (unpaired) electrons. The molecular formula is C24H21FN3O4S-. The number of anilines is 1. The van der Waals surface area contributed by atoms with E-state index >= 15 is 4.39 Å². The summed E-state index contributed by atoms with van der Waals surface area (Å²) in [5, 5.41) is 12.9.